The molecule has 0 aromatic heterocycles. The Kier molecular flexibility index (Phi) is 6.31. The molecule has 5 N–H and O–H groups in total. The summed E-state index contributed by atoms with van der Waals surface area (Å²) in [6.07, 6.45) is 0. The molecule has 0 atom stereocenters. The van der Waals surface area contributed by atoms with Crippen LogP contribution in [0.4, 0.5) is 5.69 Å². The van der Waals surface area contributed by atoms with E-state index in [9.17, 15) is 14.4 Å². The van der Waals surface area contributed by atoms with Gasteiger partial charge in [0.1, 0.15) is 0 Å². The minimum atomic E-state index is -0.899. The third-order valence-electron chi connectivity index (χ3n) is 2.65. The SMILES string of the molecule is NC(=O)c1ccc(NC(=O)C(=O)N(CCO)CCO)cc1. The number of aliphatic hydroxyl groups excluding tert-OH is 2. The van der Waals surface area contributed by atoms with Crippen molar-refractivity contribution >= 4 is 23.4 Å². The molecule has 0 aliphatic carbocycles. The Hall–Kier alpha value is -2.45. The summed E-state index contributed by atoms with van der Waals surface area (Å²) in [5.41, 5.74) is 5.69. The van der Waals surface area contributed by atoms with E-state index in [1.165, 1.54) is 24.3 Å². The number of nitrogens with one attached hydrogen (secondary N) is 1. The van der Waals surface area contributed by atoms with Gasteiger partial charge in [-0.3, -0.25) is 14.4 Å². The summed E-state index contributed by atoms with van der Waals surface area (Å²) in [5.74, 6) is -2.36. The number of hydrogen-bond acceptors (Lipinski definition) is 5. The molecule has 21 heavy (non-hydrogen) atoms. The van der Waals surface area contributed by atoms with Crippen LogP contribution in [0.3, 0.4) is 0 Å². The fourth-order valence-corrected chi connectivity index (χ4v) is 1.60. The number of nitrogens with zero attached hydrogens (tertiary/aromatic N) is 1. The number of benzene rings is 1. The van der Waals surface area contributed by atoms with Crippen LogP contribution in [0.5, 0.6) is 0 Å². The van der Waals surface area contributed by atoms with Crippen molar-refractivity contribution in [3.05, 3.63) is 29.8 Å². The van der Waals surface area contributed by atoms with Crippen molar-refractivity contribution in [2.45, 2.75) is 0 Å². The van der Waals surface area contributed by atoms with Crippen LogP contribution in [-0.2, 0) is 9.59 Å². The van der Waals surface area contributed by atoms with Crippen molar-refractivity contribution in [1.29, 1.82) is 0 Å². The summed E-state index contributed by atoms with van der Waals surface area (Å²) in [6, 6.07) is 5.71. The molecule has 0 radical (unpaired) electrons. The number of anilines is 1. The third-order valence-corrected chi connectivity index (χ3v) is 2.65. The lowest BCUT2D eigenvalue weighted by Crippen LogP contribution is -2.42. The molecule has 8 nitrogen and oxygen atoms in total. The Balaban J connectivity index is 2.70. The zero-order valence-corrected chi connectivity index (χ0v) is 11.3. The lowest BCUT2D eigenvalue weighted by Gasteiger charge is -2.19. The summed E-state index contributed by atoms with van der Waals surface area (Å²) in [5, 5.41) is 20.0. The number of rotatable bonds is 6. The largest absolute Gasteiger partial charge is 0.395 e. The van der Waals surface area contributed by atoms with Gasteiger partial charge in [-0.25, -0.2) is 0 Å². The van der Waals surface area contributed by atoms with Crippen molar-refractivity contribution in [3.63, 3.8) is 0 Å². The van der Waals surface area contributed by atoms with Crippen LogP contribution in [0.2, 0.25) is 0 Å². The van der Waals surface area contributed by atoms with Gasteiger partial charge in [0.05, 0.1) is 13.2 Å². The van der Waals surface area contributed by atoms with Gasteiger partial charge in [0.25, 0.3) is 0 Å². The first-order valence-corrected chi connectivity index (χ1v) is 6.21. The zero-order chi connectivity index (χ0) is 15.8. The molecule has 0 unspecified atom stereocenters. The van der Waals surface area contributed by atoms with Gasteiger partial charge in [0, 0.05) is 24.3 Å². The summed E-state index contributed by atoms with van der Waals surface area (Å²) < 4.78 is 0. The van der Waals surface area contributed by atoms with E-state index < -0.39 is 17.7 Å². The maximum atomic E-state index is 11.8. The Morgan fingerprint density at radius 3 is 2.00 bits per heavy atom. The number of hydrogen-bond donors (Lipinski definition) is 4. The first-order valence-electron chi connectivity index (χ1n) is 6.21. The van der Waals surface area contributed by atoms with Gasteiger partial charge in [-0.05, 0) is 24.3 Å². The Morgan fingerprint density at radius 2 is 1.57 bits per heavy atom. The number of aliphatic hydroxyl groups is 2. The number of carbonyl (C=O) groups is 3. The molecular formula is C13H17N3O5. The molecule has 0 spiro atoms. The predicted octanol–water partition coefficient (Wildman–Crippen LogP) is -1.46. The molecule has 0 heterocycles. The van der Waals surface area contributed by atoms with Crippen molar-refractivity contribution in [2.75, 3.05) is 31.6 Å². The number of carbonyl (C=O) groups excluding carboxylic acids is 3. The first kappa shape index (κ1) is 16.6. The lowest BCUT2D eigenvalue weighted by molar-refractivity contribution is -0.143. The van der Waals surface area contributed by atoms with E-state index in [2.05, 4.69) is 5.32 Å². The highest BCUT2D eigenvalue weighted by Gasteiger charge is 2.21. The monoisotopic (exact) mass is 295 g/mol. The Bertz CT molecular complexity index is 509. The van der Waals surface area contributed by atoms with E-state index in [1.807, 2.05) is 0 Å². The molecular weight excluding hydrogens is 278 g/mol. The summed E-state index contributed by atoms with van der Waals surface area (Å²) in [6.45, 7) is -0.723. The average Bonchev–Trinajstić information content (AvgIpc) is 2.46. The van der Waals surface area contributed by atoms with E-state index in [0.717, 1.165) is 4.90 Å². The molecule has 3 amide bonds. The van der Waals surface area contributed by atoms with E-state index in [1.54, 1.807) is 0 Å². The zero-order valence-electron chi connectivity index (χ0n) is 11.3. The minimum Gasteiger partial charge on any atom is -0.395 e. The first-order chi connectivity index (χ1) is 9.99. The van der Waals surface area contributed by atoms with E-state index in [0.29, 0.717) is 5.69 Å². The van der Waals surface area contributed by atoms with Crippen LogP contribution in [0.25, 0.3) is 0 Å². The predicted molar refractivity (Wildman–Crippen MR) is 74.3 cm³/mol. The fourth-order valence-electron chi connectivity index (χ4n) is 1.60. The van der Waals surface area contributed by atoms with E-state index in [4.69, 9.17) is 15.9 Å². The minimum absolute atomic E-state index is 0.0482. The maximum absolute atomic E-state index is 11.8. The van der Waals surface area contributed by atoms with Crippen molar-refractivity contribution in [3.8, 4) is 0 Å². The second-order valence-electron chi connectivity index (χ2n) is 4.14. The van der Waals surface area contributed by atoms with Gasteiger partial charge in [0.2, 0.25) is 5.91 Å². The average molecular weight is 295 g/mol. The lowest BCUT2D eigenvalue weighted by atomic mass is 10.2. The number of amides is 3. The second-order valence-corrected chi connectivity index (χ2v) is 4.14. The molecule has 0 aliphatic rings. The topological polar surface area (TPSA) is 133 Å². The van der Waals surface area contributed by atoms with Gasteiger partial charge in [-0.15, -0.1) is 0 Å². The van der Waals surface area contributed by atoms with Crippen LogP contribution < -0.4 is 11.1 Å². The van der Waals surface area contributed by atoms with Crippen LogP contribution >= 0.6 is 0 Å². The fraction of sp³-hybridized carbons (Fsp3) is 0.308. The molecule has 8 heteroatoms. The molecule has 1 aromatic rings. The van der Waals surface area contributed by atoms with E-state index in [-0.39, 0.29) is 31.9 Å². The molecule has 114 valence electrons. The van der Waals surface area contributed by atoms with Crippen LogP contribution in [0.1, 0.15) is 10.4 Å². The molecule has 0 fully saturated rings. The van der Waals surface area contributed by atoms with Crippen molar-refractivity contribution in [2.24, 2.45) is 5.73 Å². The standard InChI is InChI=1S/C13H17N3O5/c14-11(19)9-1-3-10(4-2-9)15-12(20)13(21)16(5-7-17)6-8-18/h1-4,17-18H,5-8H2,(H2,14,19)(H,15,20). The van der Waals surface area contributed by atoms with Crippen molar-refractivity contribution in [1.82, 2.24) is 4.90 Å². The third kappa shape index (κ3) is 4.86. The highest BCUT2D eigenvalue weighted by molar-refractivity contribution is 6.39. The Morgan fingerprint density at radius 1 is 1.05 bits per heavy atom. The molecule has 0 saturated heterocycles. The number of primary amides is 1. The summed E-state index contributed by atoms with van der Waals surface area (Å²) in [7, 11) is 0. The van der Waals surface area contributed by atoms with Crippen molar-refractivity contribution < 1.29 is 24.6 Å². The van der Waals surface area contributed by atoms with Gasteiger partial charge in [0.15, 0.2) is 0 Å². The molecule has 0 saturated carbocycles. The summed E-state index contributed by atoms with van der Waals surface area (Å²) in [4.78, 5) is 35.5. The summed E-state index contributed by atoms with van der Waals surface area (Å²) >= 11 is 0. The van der Waals surface area contributed by atoms with E-state index >= 15 is 0 Å². The van der Waals surface area contributed by atoms with Gasteiger partial charge >= 0.3 is 11.8 Å². The molecule has 0 aliphatic heterocycles. The normalized spacial score (nSPS) is 10.0. The van der Waals surface area contributed by atoms with Crippen LogP contribution in [-0.4, -0.2) is 59.1 Å². The molecule has 1 aromatic carbocycles. The highest BCUT2D eigenvalue weighted by atomic mass is 16.3. The van der Waals surface area contributed by atoms with Gasteiger partial charge in [-0.1, -0.05) is 0 Å². The smallest absolute Gasteiger partial charge is 0.313 e. The molecule has 0 bridgehead atoms. The number of nitrogens with two attached hydrogens (primary N) is 1. The van der Waals surface area contributed by atoms with Gasteiger partial charge < -0.3 is 26.2 Å². The quantitative estimate of drug-likeness (QED) is 0.476. The maximum Gasteiger partial charge on any atom is 0.313 e. The van der Waals surface area contributed by atoms with Crippen LogP contribution in [0, 0.1) is 0 Å². The second kappa shape index (κ2) is 7.98. The van der Waals surface area contributed by atoms with Gasteiger partial charge in [-0.2, -0.15) is 0 Å². The highest BCUT2D eigenvalue weighted by Crippen LogP contribution is 2.09. The van der Waals surface area contributed by atoms with Crippen LogP contribution in [0.15, 0.2) is 24.3 Å². The molecule has 1 rings (SSSR count). The Labute approximate surface area is 121 Å².